The molecule has 2 N–H and O–H groups in total. The van der Waals surface area contributed by atoms with Crippen LogP contribution in [0.5, 0.6) is 0 Å². The van der Waals surface area contributed by atoms with Crippen LogP contribution in [-0.2, 0) is 0 Å². The Labute approximate surface area is 170 Å². The molecule has 4 aromatic carbocycles. The summed E-state index contributed by atoms with van der Waals surface area (Å²) in [5.74, 6) is -2.70. The Morgan fingerprint density at radius 2 is 1.52 bits per heavy atom. The van der Waals surface area contributed by atoms with Gasteiger partial charge in [-0.05, 0) is 52.5 Å². The van der Waals surface area contributed by atoms with Crippen molar-refractivity contribution in [2.24, 2.45) is 0 Å². The highest BCUT2D eigenvalue weighted by atomic mass is 32.2. The van der Waals surface area contributed by atoms with Gasteiger partial charge < -0.3 is 0 Å². The molecule has 0 aliphatic carbocycles. The molecule has 0 aromatic heterocycles. The van der Waals surface area contributed by atoms with Gasteiger partial charge in [0.15, 0.2) is 0 Å². The Balaban J connectivity index is 1.49. The van der Waals surface area contributed by atoms with Crippen molar-refractivity contribution in [2.45, 2.75) is 4.90 Å². The van der Waals surface area contributed by atoms with Crippen molar-refractivity contribution in [3.05, 3.63) is 102 Å². The lowest BCUT2D eigenvalue weighted by atomic mass is 10.0. The third-order valence-electron chi connectivity index (χ3n) is 4.46. The van der Waals surface area contributed by atoms with E-state index in [1.54, 1.807) is 30.3 Å². The number of amides is 1. The van der Waals surface area contributed by atoms with Crippen molar-refractivity contribution < 1.29 is 13.6 Å². The fraction of sp³-hybridized carbons (Fsp3) is 0. The standard InChI is InChI=1S/C23H16F2N2OS/c24-20-13-12-19(16-7-2-1-3-8-16)22(25)21(20)23(28)26-27-29-18-11-10-15-6-4-5-9-17(15)14-18/h1-14,27H,(H,26,28). The summed E-state index contributed by atoms with van der Waals surface area (Å²) < 4.78 is 29.0. The molecule has 0 aliphatic rings. The summed E-state index contributed by atoms with van der Waals surface area (Å²) in [6.45, 7) is 0. The molecule has 0 spiro atoms. The predicted molar refractivity (Wildman–Crippen MR) is 112 cm³/mol. The summed E-state index contributed by atoms with van der Waals surface area (Å²) in [6, 6.07) is 24.8. The fourth-order valence-corrected chi connectivity index (χ4v) is 3.61. The molecule has 3 nitrogen and oxygen atoms in total. The predicted octanol–water partition coefficient (Wildman–Crippen LogP) is 5.73. The number of hydrazine groups is 1. The van der Waals surface area contributed by atoms with Gasteiger partial charge in [-0.3, -0.25) is 10.2 Å². The molecule has 1 amide bonds. The first-order valence-corrected chi connectivity index (χ1v) is 9.69. The van der Waals surface area contributed by atoms with Crippen LogP contribution in [0.1, 0.15) is 10.4 Å². The van der Waals surface area contributed by atoms with Gasteiger partial charge >= 0.3 is 0 Å². The van der Waals surface area contributed by atoms with Gasteiger partial charge in [0.1, 0.15) is 17.2 Å². The molecule has 6 heteroatoms. The highest BCUT2D eigenvalue weighted by molar-refractivity contribution is 7.97. The van der Waals surface area contributed by atoms with Crippen LogP contribution in [0, 0.1) is 11.6 Å². The number of fused-ring (bicyclic) bond motifs is 1. The molecule has 0 radical (unpaired) electrons. The second-order valence-electron chi connectivity index (χ2n) is 6.32. The number of hydrogen-bond donors (Lipinski definition) is 2. The summed E-state index contributed by atoms with van der Waals surface area (Å²) >= 11 is 1.14. The maximum Gasteiger partial charge on any atom is 0.272 e. The Morgan fingerprint density at radius 1 is 0.793 bits per heavy atom. The number of carbonyl (C=O) groups is 1. The van der Waals surface area contributed by atoms with E-state index in [4.69, 9.17) is 0 Å². The average molecular weight is 406 g/mol. The zero-order chi connectivity index (χ0) is 20.2. The van der Waals surface area contributed by atoms with Gasteiger partial charge in [0.05, 0.1) is 0 Å². The van der Waals surface area contributed by atoms with Crippen molar-refractivity contribution in [1.29, 1.82) is 0 Å². The molecule has 0 saturated carbocycles. The van der Waals surface area contributed by atoms with Crippen molar-refractivity contribution in [3.8, 4) is 11.1 Å². The van der Waals surface area contributed by atoms with E-state index >= 15 is 0 Å². The molecule has 29 heavy (non-hydrogen) atoms. The molecular formula is C23H16F2N2OS. The zero-order valence-corrected chi connectivity index (χ0v) is 16.0. The second-order valence-corrected chi connectivity index (χ2v) is 7.20. The van der Waals surface area contributed by atoms with Crippen LogP contribution in [0.3, 0.4) is 0 Å². The summed E-state index contributed by atoms with van der Waals surface area (Å²) in [7, 11) is 0. The van der Waals surface area contributed by atoms with Crippen LogP contribution in [0.15, 0.2) is 89.8 Å². The maximum absolute atomic E-state index is 14.9. The highest BCUT2D eigenvalue weighted by Crippen LogP contribution is 2.27. The number of rotatable bonds is 5. The number of hydrogen-bond acceptors (Lipinski definition) is 3. The van der Waals surface area contributed by atoms with Crippen LogP contribution in [0.2, 0.25) is 0 Å². The van der Waals surface area contributed by atoms with E-state index in [1.807, 2.05) is 42.5 Å². The minimum atomic E-state index is -0.919. The molecular weight excluding hydrogens is 390 g/mol. The first-order chi connectivity index (χ1) is 14.1. The lowest BCUT2D eigenvalue weighted by molar-refractivity contribution is 0.0938. The SMILES string of the molecule is O=C(NNSc1ccc2ccccc2c1)c1c(F)ccc(-c2ccccc2)c1F. The summed E-state index contributed by atoms with van der Waals surface area (Å²) in [5, 5.41) is 2.15. The van der Waals surface area contributed by atoms with Crippen molar-refractivity contribution in [1.82, 2.24) is 10.3 Å². The Bertz CT molecular complexity index is 1180. The molecule has 0 saturated heterocycles. The molecule has 0 atom stereocenters. The lowest BCUT2D eigenvalue weighted by Crippen LogP contribution is -2.33. The van der Waals surface area contributed by atoms with E-state index in [2.05, 4.69) is 10.3 Å². The van der Waals surface area contributed by atoms with Crippen LogP contribution < -0.4 is 10.3 Å². The van der Waals surface area contributed by atoms with Crippen molar-refractivity contribution >= 4 is 28.6 Å². The van der Waals surface area contributed by atoms with Gasteiger partial charge in [-0.15, -0.1) is 0 Å². The monoisotopic (exact) mass is 406 g/mol. The number of nitrogens with one attached hydrogen (secondary N) is 2. The van der Waals surface area contributed by atoms with E-state index in [0.717, 1.165) is 33.7 Å². The van der Waals surface area contributed by atoms with E-state index < -0.39 is 23.1 Å². The van der Waals surface area contributed by atoms with Gasteiger partial charge in [-0.2, -0.15) is 4.83 Å². The van der Waals surface area contributed by atoms with Gasteiger partial charge in [-0.25, -0.2) is 8.78 Å². The third-order valence-corrected chi connectivity index (χ3v) is 5.15. The number of benzene rings is 4. The quantitative estimate of drug-likeness (QED) is 0.329. The van der Waals surface area contributed by atoms with Gasteiger partial charge in [0, 0.05) is 10.5 Å². The van der Waals surface area contributed by atoms with Crippen molar-refractivity contribution in [3.63, 3.8) is 0 Å². The van der Waals surface area contributed by atoms with E-state index in [9.17, 15) is 13.6 Å². The minimum Gasteiger partial charge on any atom is -0.277 e. The van der Waals surface area contributed by atoms with Gasteiger partial charge in [0.25, 0.3) is 5.91 Å². The second kappa shape index (κ2) is 8.43. The normalized spacial score (nSPS) is 10.8. The molecule has 4 aromatic rings. The summed E-state index contributed by atoms with van der Waals surface area (Å²) in [6.07, 6.45) is 0. The van der Waals surface area contributed by atoms with E-state index in [-0.39, 0.29) is 5.56 Å². The summed E-state index contributed by atoms with van der Waals surface area (Å²) in [5.41, 5.74) is 2.46. The van der Waals surface area contributed by atoms with Crippen LogP contribution in [0.25, 0.3) is 21.9 Å². The Hall–Kier alpha value is -3.22. The van der Waals surface area contributed by atoms with Crippen LogP contribution in [-0.4, -0.2) is 5.91 Å². The molecule has 0 bridgehead atoms. The number of carbonyl (C=O) groups excluding carboxylic acids is 1. The average Bonchev–Trinajstić information content (AvgIpc) is 2.74. The van der Waals surface area contributed by atoms with Crippen LogP contribution in [0.4, 0.5) is 8.78 Å². The number of halogens is 2. The largest absolute Gasteiger partial charge is 0.277 e. The topological polar surface area (TPSA) is 41.1 Å². The maximum atomic E-state index is 14.9. The van der Waals surface area contributed by atoms with Crippen molar-refractivity contribution in [2.75, 3.05) is 0 Å². The first kappa shape index (κ1) is 19.1. The third kappa shape index (κ3) is 4.13. The molecule has 4 rings (SSSR count). The van der Waals surface area contributed by atoms with Crippen LogP contribution >= 0.6 is 11.9 Å². The molecule has 144 valence electrons. The first-order valence-electron chi connectivity index (χ1n) is 8.88. The van der Waals surface area contributed by atoms with Gasteiger partial charge in [0.2, 0.25) is 0 Å². The van der Waals surface area contributed by atoms with Gasteiger partial charge in [-0.1, -0.05) is 60.7 Å². The zero-order valence-electron chi connectivity index (χ0n) is 15.2. The molecule has 0 heterocycles. The highest BCUT2D eigenvalue weighted by Gasteiger charge is 2.21. The molecule has 0 aliphatic heterocycles. The smallest absolute Gasteiger partial charge is 0.272 e. The van der Waals surface area contributed by atoms with E-state index in [0.29, 0.717) is 5.56 Å². The molecule has 0 fully saturated rings. The molecule has 0 unspecified atom stereocenters. The lowest BCUT2D eigenvalue weighted by Gasteiger charge is -2.11. The summed E-state index contributed by atoms with van der Waals surface area (Å²) in [4.78, 5) is 15.9. The Morgan fingerprint density at radius 3 is 2.31 bits per heavy atom. The fourth-order valence-electron chi connectivity index (χ4n) is 3.03. The van der Waals surface area contributed by atoms with E-state index in [1.165, 1.54) is 6.07 Å². The minimum absolute atomic E-state index is 0.166. The Kier molecular flexibility index (Phi) is 5.55.